The number of carbonyl (C=O) groups is 2. The van der Waals surface area contributed by atoms with Crippen molar-refractivity contribution in [1.29, 1.82) is 0 Å². The van der Waals surface area contributed by atoms with Crippen molar-refractivity contribution < 1.29 is 9.59 Å². The molecule has 0 aromatic carbocycles. The summed E-state index contributed by atoms with van der Waals surface area (Å²) in [6.07, 6.45) is 9.14. The Morgan fingerprint density at radius 3 is 2.25 bits per heavy atom. The molecule has 4 heteroatoms. The molecule has 0 aromatic rings. The van der Waals surface area contributed by atoms with Crippen molar-refractivity contribution in [3.05, 3.63) is 0 Å². The average molecular weight is 276 g/mol. The number of carbonyl (C=O) groups excluding carboxylic acids is 2. The normalized spacial score (nSPS) is 42.9. The van der Waals surface area contributed by atoms with Crippen molar-refractivity contribution >= 4 is 11.8 Å². The number of amides is 2. The van der Waals surface area contributed by atoms with Gasteiger partial charge >= 0.3 is 6.03 Å². The first-order chi connectivity index (χ1) is 9.62. The molecule has 0 radical (unpaired) electrons. The van der Waals surface area contributed by atoms with Gasteiger partial charge < -0.3 is 10.2 Å². The second kappa shape index (κ2) is 4.47. The molecule has 4 saturated carbocycles. The number of Topliss-reactive ketones (excluding diaryl/α,β-unsaturated/α-hetero) is 1. The molecule has 110 valence electrons. The molecule has 20 heavy (non-hydrogen) atoms. The fraction of sp³-hybridized carbons (Fsp3) is 0.875. The van der Waals surface area contributed by atoms with Gasteiger partial charge in [0.05, 0.1) is 6.54 Å². The summed E-state index contributed by atoms with van der Waals surface area (Å²) < 4.78 is 0. The molecule has 5 rings (SSSR count). The van der Waals surface area contributed by atoms with E-state index in [1.807, 2.05) is 0 Å². The highest BCUT2D eigenvalue weighted by atomic mass is 16.2. The van der Waals surface area contributed by atoms with Gasteiger partial charge in [-0.1, -0.05) is 0 Å². The molecule has 2 amide bonds. The molecular formula is C16H24N2O2. The highest BCUT2D eigenvalue weighted by molar-refractivity contribution is 5.86. The van der Waals surface area contributed by atoms with Crippen LogP contribution in [-0.4, -0.2) is 35.3 Å². The minimum Gasteiger partial charge on any atom is -0.333 e. The van der Waals surface area contributed by atoms with Crippen molar-refractivity contribution in [2.45, 2.75) is 56.9 Å². The molecule has 0 aromatic heterocycles. The quantitative estimate of drug-likeness (QED) is 0.799. The first-order valence-electron chi connectivity index (χ1n) is 8.21. The van der Waals surface area contributed by atoms with Gasteiger partial charge in [0.1, 0.15) is 0 Å². The molecule has 0 atom stereocenters. The molecule has 4 aliphatic carbocycles. The van der Waals surface area contributed by atoms with Gasteiger partial charge in [-0.05, 0) is 62.7 Å². The fourth-order valence-electron chi connectivity index (χ4n) is 5.58. The Balaban J connectivity index is 1.45. The van der Waals surface area contributed by atoms with Gasteiger partial charge in [0.2, 0.25) is 0 Å². The molecule has 1 aliphatic heterocycles. The van der Waals surface area contributed by atoms with E-state index in [0.717, 1.165) is 30.7 Å². The van der Waals surface area contributed by atoms with Crippen LogP contribution in [-0.2, 0) is 4.79 Å². The number of hydrogen-bond acceptors (Lipinski definition) is 2. The van der Waals surface area contributed by atoms with Crippen LogP contribution < -0.4 is 5.32 Å². The van der Waals surface area contributed by atoms with Crippen LogP contribution in [0.15, 0.2) is 0 Å². The lowest BCUT2D eigenvalue weighted by atomic mass is 9.53. The van der Waals surface area contributed by atoms with E-state index in [1.165, 1.54) is 38.5 Å². The molecule has 1 saturated heterocycles. The molecule has 5 fully saturated rings. The third-order valence-corrected chi connectivity index (χ3v) is 5.95. The fourth-order valence-corrected chi connectivity index (χ4v) is 5.58. The lowest BCUT2D eigenvalue weighted by Crippen LogP contribution is -2.62. The van der Waals surface area contributed by atoms with Gasteiger partial charge in [-0.2, -0.15) is 0 Å². The zero-order valence-corrected chi connectivity index (χ0v) is 12.1. The van der Waals surface area contributed by atoms with Crippen LogP contribution in [0.4, 0.5) is 4.79 Å². The van der Waals surface area contributed by atoms with Crippen molar-refractivity contribution in [2.24, 2.45) is 17.8 Å². The minimum atomic E-state index is 0.0139. The number of rotatable bonds is 1. The predicted octanol–water partition coefficient (Wildman–Crippen LogP) is 2.33. The van der Waals surface area contributed by atoms with Crippen molar-refractivity contribution in [2.75, 3.05) is 13.1 Å². The van der Waals surface area contributed by atoms with Gasteiger partial charge in [0, 0.05) is 18.5 Å². The lowest BCUT2D eigenvalue weighted by Gasteiger charge is -2.57. The van der Waals surface area contributed by atoms with E-state index < -0.39 is 0 Å². The monoisotopic (exact) mass is 276 g/mol. The predicted molar refractivity (Wildman–Crippen MR) is 75.2 cm³/mol. The molecular weight excluding hydrogens is 252 g/mol. The summed E-state index contributed by atoms with van der Waals surface area (Å²) in [5.74, 6) is 2.72. The zero-order valence-electron chi connectivity index (χ0n) is 12.1. The summed E-state index contributed by atoms with van der Waals surface area (Å²) in [7, 11) is 0. The maximum atomic E-state index is 12.5. The summed E-state index contributed by atoms with van der Waals surface area (Å²) in [5, 5.41) is 3.35. The van der Waals surface area contributed by atoms with Crippen LogP contribution in [0.1, 0.15) is 51.4 Å². The maximum absolute atomic E-state index is 12.5. The molecule has 1 N–H and O–H groups in total. The van der Waals surface area contributed by atoms with Gasteiger partial charge in [-0.15, -0.1) is 0 Å². The maximum Gasteiger partial charge on any atom is 0.318 e. The van der Waals surface area contributed by atoms with E-state index in [2.05, 4.69) is 5.32 Å². The topological polar surface area (TPSA) is 49.4 Å². The van der Waals surface area contributed by atoms with E-state index in [0.29, 0.717) is 13.0 Å². The van der Waals surface area contributed by atoms with Gasteiger partial charge in [0.15, 0.2) is 5.78 Å². The van der Waals surface area contributed by atoms with E-state index in [4.69, 9.17) is 0 Å². The van der Waals surface area contributed by atoms with Crippen molar-refractivity contribution in [1.82, 2.24) is 10.2 Å². The van der Waals surface area contributed by atoms with E-state index in [9.17, 15) is 9.59 Å². The number of urea groups is 1. The summed E-state index contributed by atoms with van der Waals surface area (Å²) in [6, 6.07) is 0.0139. The highest BCUT2D eigenvalue weighted by Crippen LogP contribution is 2.55. The third-order valence-electron chi connectivity index (χ3n) is 5.95. The number of likely N-dealkylation sites (tertiary alicyclic amines) is 1. The summed E-state index contributed by atoms with van der Waals surface area (Å²) >= 11 is 0. The third kappa shape index (κ3) is 2.13. The Bertz CT molecular complexity index is 410. The minimum absolute atomic E-state index is 0.0139. The van der Waals surface area contributed by atoms with Gasteiger partial charge in [-0.3, -0.25) is 4.79 Å². The Hall–Kier alpha value is -1.06. The van der Waals surface area contributed by atoms with Crippen LogP contribution in [0.3, 0.4) is 0 Å². The van der Waals surface area contributed by atoms with Crippen LogP contribution >= 0.6 is 0 Å². The Morgan fingerprint density at radius 2 is 1.70 bits per heavy atom. The lowest BCUT2D eigenvalue weighted by molar-refractivity contribution is -0.121. The molecule has 5 aliphatic rings. The van der Waals surface area contributed by atoms with Gasteiger partial charge in [0.25, 0.3) is 0 Å². The molecule has 4 bridgehead atoms. The van der Waals surface area contributed by atoms with Crippen LogP contribution in [0.5, 0.6) is 0 Å². The first kappa shape index (κ1) is 12.7. The van der Waals surface area contributed by atoms with Gasteiger partial charge in [-0.25, -0.2) is 4.79 Å². The van der Waals surface area contributed by atoms with E-state index >= 15 is 0 Å². The molecule has 0 unspecified atom stereocenters. The molecule has 0 spiro atoms. The Morgan fingerprint density at radius 1 is 1.10 bits per heavy atom. The molecule has 1 heterocycles. The number of nitrogens with zero attached hydrogens (tertiary/aromatic N) is 1. The standard InChI is InChI=1S/C16H24N2O2/c19-14-2-1-3-18(10-14)15(20)17-16-7-11-4-12(8-16)6-13(5-11)9-16/h11-13H,1-10H2,(H,17,20). The highest BCUT2D eigenvalue weighted by Gasteiger charge is 2.51. The number of hydrogen-bond donors (Lipinski definition) is 1. The SMILES string of the molecule is O=C1CCCN(C(=O)NC23CC4CC(CC(C4)C2)C3)C1. The Kier molecular flexibility index (Phi) is 2.83. The van der Waals surface area contributed by atoms with E-state index in [1.54, 1.807) is 4.90 Å². The smallest absolute Gasteiger partial charge is 0.318 e. The van der Waals surface area contributed by atoms with Crippen LogP contribution in [0, 0.1) is 17.8 Å². The summed E-state index contributed by atoms with van der Waals surface area (Å²) in [6.45, 7) is 1.06. The average Bonchev–Trinajstić information content (AvgIpc) is 2.36. The molecule has 4 nitrogen and oxygen atoms in total. The largest absolute Gasteiger partial charge is 0.333 e. The number of ketones is 1. The number of piperidine rings is 1. The second-order valence-corrected chi connectivity index (χ2v) is 7.69. The van der Waals surface area contributed by atoms with Crippen molar-refractivity contribution in [3.8, 4) is 0 Å². The van der Waals surface area contributed by atoms with Crippen LogP contribution in [0.25, 0.3) is 0 Å². The van der Waals surface area contributed by atoms with E-state index in [-0.39, 0.29) is 17.4 Å². The first-order valence-corrected chi connectivity index (χ1v) is 8.21. The Labute approximate surface area is 120 Å². The number of nitrogens with one attached hydrogen (secondary N) is 1. The van der Waals surface area contributed by atoms with Crippen LogP contribution in [0.2, 0.25) is 0 Å². The summed E-state index contributed by atoms with van der Waals surface area (Å²) in [5.41, 5.74) is 0.0618. The summed E-state index contributed by atoms with van der Waals surface area (Å²) in [4.78, 5) is 25.7. The van der Waals surface area contributed by atoms with Crippen molar-refractivity contribution in [3.63, 3.8) is 0 Å². The zero-order chi connectivity index (χ0) is 13.7. The second-order valence-electron chi connectivity index (χ2n) is 7.69.